The lowest BCUT2D eigenvalue weighted by atomic mass is 10.1. The summed E-state index contributed by atoms with van der Waals surface area (Å²) in [6.07, 6.45) is 0.482. The van der Waals surface area contributed by atoms with Gasteiger partial charge < -0.3 is 26.4 Å². The lowest BCUT2D eigenvalue weighted by molar-refractivity contribution is 0.0601. The van der Waals surface area contributed by atoms with Crippen LogP contribution in [0.15, 0.2) is 56.9 Å². The molecule has 0 unspecified atom stereocenters. The van der Waals surface area contributed by atoms with Crippen molar-refractivity contribution in [2.45, 2.75) is 6.42 Å². The van der Waals surface area contributed by atoms with Crippen LogP contribution in [0.2, 0.25) is 0 Å². The smallest absolute Gasteiger partial charge is 0.338 e. The number of benzene rings is 2. The second-order valence-electron chi connectivity index (χ2n) is 5.61. The topological polar surface area (TPSA) is 155 Å². The van der Waals surface area contributed by atoms with Gasteiger partial charge in [-0.05, 0) is 17.7 Å². The monoisotopic (exact) mass is 366 g/mol. The number of hydrogen-bond donors (Lipinski definition) is 3. The standard InChI is InChI=1S/C18H18N6O3/c1-26-16(25)11-8-12-15(13(9-11)23-18(21)24-17(19)20)27-14(22-12)7-10-5-3-2-4-6-10/h2-6,8-9H,7H2,1H3,(H6,19,20,21,23,24). The highest BCUT2D eigenvalue weighted by molar-refractivity contribution is 6.00. The number of oxazole rings is 1. The SMILES string of the molecule is COC(=O)c1cc(N=C(N)N=C(N)N)c2oc(Cc3ccccc3)nc2c1. The number of ether oxygens (including phenoxy) is 1. The molecule has 3 aromatic rings. The molecule has 2 aromatic carbocycles. The Balaban J connectivity index is 2.10. The molecule has 9 nitrogen and oxygen atoms in total. The Morgan fingerprint density at radius 2 is 1.93 bits per heavy atom. The van der Waals surface area contributed by atoms with Crippen LogP contribution in [-0.2, 0) is 11.2 Å². The van der Waals surface area contributed by atoms with Crippen LogP contribution in [-0.4, -0.2) is 30.0 Å². The van der Waals surface area contributed by atoms with Crippen LogP contribution in [0.5, 0.6) is 0 Å². The molecule has 0 aliphatic carbocycles. The number of aromatic nitrogens is 1. The second-order valence-corrected chi connectivity index (χ2v) is 5.61. The first-order chi connectivity index (χ1) is 13.0. The van der Waals surface area contributed by atoms with E-state index in [4.69, 9.17) is 26.4 Å². The number of rotatable bonds is 4. The summed E-state index contributed by atoms with van der Waals surface area (Å²) in [5.41, 5.74) is 18.7. The van der Waals surface area contributed by atoms with Crippen LogP contribution in [0.3, 0.4) is 0 Å². The number of fused-ring (bicyclic) bond motifs is 1. The van der Waals surface area contributed by atoms with Gasteiger partial charge in [-0.25, -0.2) is 14.8 Å². The summed E-state index contributed by atoms with van der Waals surface area (Å²) >= 11 is 0. The fourth-order valence-electron chi connectivity index (χ4n) is 2.51. The average Bonchev–Trinajstić information content (AvgIpc) is 3.03. The van der Waals surface area contributed by atoms with E-state index in [1.54, 1.807) is 6.07 Å². The molecule has 0 atom stereocenters. The number of nitrogens with zero attached hydrogens (tertiary/aromatic N) is 3. The highest BCUT2D eigenvalue weighted by Gasteiger charge is 2.16. The van der Waals surface area contributed by atoms with Crippen LogP contribution < -0.4 is 17.2 Å². The molecule has 9 heteroatoms. The molecule has 0 saturated heterocycles. The summed E-state index contributed by atoms with van der Waals surface area (Å²) in [6, 6.07) is 12.8. The molecule has 27 heavy (non-hydrogen) atoms. The van der Waals surface area contributed by atoms with Gasteiger partial charge in [-0.1, -0.05) is 30.3 Å². The third kappa shape index (κ3) is 4.21. The van der Waals surface area contributed by atoms with E-state index in [2.05, 4.69) is 15.0 Å². The molecule has 6 N–H and O–H groups in total. The van der Waals surface area contributed by atoms with Crippen molar-refractivity contribution in [3.8, 4) is 0 Å². The third-order valence-electron chi connectivity index (χ3n) is 3.61. The predicted molar refractivity (Wildman–Crippen MR) is 102 cm³/mol. The van der Waals surface area contributed by atoms with E-state index in [-0.39, 0.29) is 23.2 Å². The van der Waals surface area contributed by atoms with Gasteiger partial charge in [0.2, 0.25) is 5.96 Å². The largest absolute Gasteiger partial charge is 0.465 e. The molecule has 0 aliphatic rings. The summed E-state index contributed by atoms with van der Waals surface area (Å²) in [5, 5.41) is 0. The van der Waals surface area contributed by atoms with Crippen molar-refractivity contribution in [1.29, 1.82) is 0 Å². The van der Waals surface area contributed by atoms with Crippen molar-refractivity contribution < 1.29 is 13.9 Å². The molecule has 0 fully saturated rings. The molecule has 0 bridgehead atoms. The zero-order valence-corrected chi connectivity index (χ0v) is 14.5. The minimum absolute atomic E-state index is 0.181. The normalized spacial score (nSPS) is 11.4. The number of nitrogens with two attached hydrogens (primary N) is 3. The first-order valence-electron chi connectivity index (χ1n) is 7.95. The Labute approximate surface area is 154 Å². The molecule has 3 rings (SSSR count). The van der Waals surface area contributed by atoms with Gasteiger partial charge in [0.05, 0.1) is 12.7 Å². The Morgan fingerprint density at radius 1 is 1.19 bits per heavy atom. The number of guanidine groups is 2. The van der Waals surface area contributed by atoms with Gasteiger partial charge in [-0.15, -0.1) is 0 Å². The molecular formula is C18H18N6O3. The van der Waals surface area contributed by atoms with E-state index < -0.39 is 5.97 Å². The van der Waals surface area contributed by atoms with E-state index in [9.17, 15) is 4.79 Å². The lowest BCUT2D eigenvalue weighted by Gasteiger charge is -2.02. The zero-order chi connectivity index (χ0) is 19.4. The minimum atomic E-state index is -0.540. The van der Waals surface area contributed by atoms with Crippen LogP contribution in [0.1, 0.15) is 21.8 Å². The molecular weight excluding hydrogens is 348 g/mol. The summed E-state index contributed by atoms with van der Waals surface area (Å²) < 4.78 is 10.6. The number of carbonyl (C=O) groups excluding carboxylic acids is 1. The van der Waals surface area contributed by atoms with E-state index >= 15 is 0 Å². The van der Waals surface area contributed by atoms with Gasteiger partial charge in [-0.2, -0.15) is 4.99 Å². The molecule has 1 aromatic heterocycles. The van der Waals surface area contributed by atoms with Crippen LogP contribution >= 0.6 is 0 Å². The minimum Gasteiger partial charge on any atom is -0.465 e. The van der Waals surface area contributed by atoms with Gasteiger partial charge in [0.25, 0.3) is 0 Å². The maximum absolute atomic E-state index is 11.9. The summed E-state index contributed by atoms with van der Waals surface area (Å²) in [5.74, 6) is -0.491. The average molecular weight is 366 g/mol. The number of esters is 1. The maximum atomic E-state index is 11.9. The second kappa shape index (κ2) is 7.56. The van der Waals surface area contributed by atoms with Crippen molar-refractivity contribution in [1.82, 2.24) is 4.98 Å². The Morgan fingerprint density at radius 3 is 2.59 bits per heavy atom. The van der Waals surface area contributed by atoms with E-state index in [0.29, 0.717) is 23.4 Å². The lowest BCUT2D eigenvalue weighted by Crippen LogP contribution is -2.26. The van der Waals surface area contributed by atoms with Gasteiger partial charge in [0.1, 0.15) is 11.2 Å². The number of aliphatic imine (C=N–C) groups is 2. The Hall–Kier alpha value is -3.88. The van der Waals surface area contributed by atoms with Crippen molar-refractivity contribution in [3.05, 3.63) is 59.5 Å². The summed E-state index contributed by atoms with van der Waals surface area (Å²) in [7, 11) is 1.28. The van der Waals surface area contributed by atoms with Crippen molar-refractivity contribution in [2.24, 2.45) is 27.2 Å². The van der Waals surface area contributed by atoms with E-state index in [0.717, 1.165) is 5.56 Å². The van der Waals surface area contributed by atoms with Crippen LogP contribution in [0, 0.1) is 0 Å². The summed E-state index contributed by atoms with van der Waals surface area (Å²) in [4.78, 5) is 24.2. The molecule has 0 amide bonds. The van der Waals surface area contributed by atoms with Crippen molar-refractivity contribution >= 4 is 34.7 Å². The summed E-state index contributed by atoms with van der Waals surface area (Å²) in [6.45, 7) is 0. The van der Waals surface area contributed by atoms with Gasteiger partial charge in [-0.3, -0.25) is 0 Å². The fraction of sp³-hybridized carbons (Fsp3) is 0.111. The zero-order valence-electron chi connectivity index (χ0n) is 14.5. The molecule has 0 saturated carbocycles. The molecule has 0 aliphatic heterocycles. The van der Waals surface area contributed by atoms with Crippen molar-refractivity contribution in [3.63, 3.8) is 0 Å². The highest BCUT2D eigenvalue weighted by atomic mass is 16.5. The quantitative estimate of drug-likeness (QED) is 0.358. The Kier molecular flexibility index (Phi) is 5.02. The van der Waals surface area contributed by atoms with Gasteiger partial charge in [0.15, 0.2) is 17.4 Å². The maximum Gasteiger partial charge on any atom is 0.338 e. The first-order valence-corrected chi connectivity index (χ1v) is 7.95. The van der Waals surface area contributed by atoms with Crippen molar-refractivity contribution in [2.75, 3.05) is 7.11 Å². The van der Waals surface area contributed by atoms with E-state index in [1.165, 1.54) is 13.2 Å². The molecule has 0 radical (unpaired) electrons. The van der Waals surface area contributed by atoms with Gasteiger partial charge in [0, 0.05) is 6.42 Å². The first kappa shape index (κ1) is 17.9. The number of hydrogen-bond acceptors (Lipinski definition) is 5. The molecule has 138 valence electrons. The molecule has 1 heterocycles. The predicted octanol–water partition coefficient (Wildman–Crippen LogP) is 1.42. The number of methoxy groups -OCH3 is 1. The van der Waals surface area contributed by atoms with Gasteiger partial charge >= 0.3 is 5.97 Å². The molecule has 0 spiro atoms. The van der Waals surface area contributed by atoms with Crippen LogP contribution in [0.4, 0.5) is 5.69 Å². The third-order valence-corrected chi connectivity index (χ3v) is 3.61. The highest BCUT2D eigenvalue weighted by Crippen LogP contribution is 2.30. The number of carbonyl (C=O) groups is 1. The Bertz CT molecular complexity index is 1040. The van der Waals surface area contributed by atoms with E-state index in [1.807, 2.05) is 30.3 Å². The fourth-order valence-corrected chi connectivity index (χ4v) is 2.51. The van der Waals surface area contributed by atoms with Crippen LogP contribution in [0.25, 0.3) is 11.1 Å².